The number of anilines is 1. The molecular formula is C22H23Cl2N5O2S. The lowest BCUT2D eigenvalue weighted by atomic mass is 10.0. The molecule has 0 aliphatic heterocycles. The van der Waals surface area contributed by atoms with Crippen molar-refractivity contribution in [1.82, 2.24) is 20.1 Å². The Morgan fingerprint density at radius 2 is 1.59 bits per heavy atom. The summed E-state index contributed by atoms with van der Waals surface area (Å²) >= 11 is 13.0. The summed E-state index contributed by atoms with van der Waals surface area (Å²) in [5, 5.41) is 16.1. The van der Waals surface area contributed by atoms with Gasteiger partial charge in [0, 0.05) is 28.3 Å². The fourth-order valence-corrected chi connectivity index (χ4v) is 3.91. The van der Waals surface area contributed by atoms with Crippen LogP contribution < -0.4 is 10.6 Å². The minimum Gasteiger partial charge on any atom is -0.342 e. The Morgan fingerprint density at radius 1 is 1.00 bits per heavy atom. The van der Waals surface area contributed by atoms with Crippen LogP contribution in [0.1, 0.15) is 36.1 Å². The first kappa shape index (κ1) is 24.1. The van der Waals surface area contributed by atoms with Crippen molar-refractivity contribution in [3.63, 3.8) is 0 Å². The maximum atomic E-state index is 12.7. The van der Waals surface area contributed by atoms with Crippen LogP contribution in [0.2, 0.25) is 10.0 Å². The van der Waals surface area contributed by atoms with Gasteiger partial charge in [0.25, 0.3) is 5.91 Å². The van der Waals surface area contributed by atoms with E-state index in [0.29, 0.717) is 32.3 Å². The highest BCUT2D eigenvalue weighted by Gasteiger charge is 2.25. The summed E-state index contributed by atoms with van der Waals surface area (Å²) in [6.07, 6.45) is 0. The number of halogens is 2. The molecule has 168 valence electrons. The van der Waals surface area contributed by atoms with Gasteiger partial charge in [-0.1, -0.05) is 48.8 Å². The SMILES string of the molecule is CC(C)[C@H](NC(=O)c1ccc(Cl)cc1)c1nnc(SCC(=O)Nc2ccc(Cl)cc2)n1C. The average Bonchev–Trinajstić information content (AvgIpc) is 3.12. The molecule has 0 saturated carbocycles. The monoisotopic (exact) mass is 491 g/mol. The first-order valence-electron chi connectivity index (χ1n) is 9.88. The Balaban J connectivity index is 1.65. The van der Waals surface area contributed by atoms with Gasteiger partial charge in [0.2, 0.25) is 5.91 Å². The van der Waals surface area contributed by atoms with Crippen LogP contribution in [0.5, 0.6) is 0 Å². The molecule has 0 bridgehead atoms. The van der Waals surface area contributed by atoms with E-state index in [1.165, 1.54) is 11.8 Å². The number of carbonyl (C=O) groups is 2. The number of aromatic nitrogens is 3. The van der Waals surface area contributed by atoms with Crippen LogP contribution in [0, 0.1) is 5.92 Å². The largest absolute Gasteiger partial charge is 0.342 e. The summed E-state index contributed by atoms with van der Waals surface area (Å²) < 4.78 is 1.80. The van der Waals surface area contributed by atoms with E-state index in [9.17, 15) is 9.59 Å². The molecule has 2 aromatic carbocycles. The molecule has 0 fully saturated rings. The van der Waals surface area contributed by atoms with Crippen molar-refractivity contribution in [1.29, 1.82) is 0 Å². The van der Waals surface area contributed by atoms with E-state index in [4.69, 9.17) is 23.2 Å². The topological polar surface area (TPSA) is 88.9 Å². The Hall–Kier alpha value is -2.55. The number of thioether (sulfide) groups is 1. The quantitative estimate of drug-likeness (QED) is 0.433. The highest BCUT2D eigenvalue weighted by Crippen LogP contribution is 2.25. The zero-order valence-corrected chi connectivity index (χ0v) is 20.1. The second-order valence-corrected chi connectivity index (χ2v) is 9.26. The summed E-state index contributed by atoms with van der Waals surface area (Å²) in [4.78, 5) is 25.0. The molecular weight excluding hydrogens is 469 g/mol. The van der Waals surface area contributed by atoms with E-state index in [-0.39, 0.29) is 29.5 Å². The lowest BCUT2D eigenvalue weighted by Crippen LogP contribution is -2.33. The molecule has 1 aromatic heterocycles. The number of hydrogen-bond donors (Lipinski definition) is 2. The lowest BCUT2D eigenvalue weighted by molar-refractivity contribution is -0.113. The predicted octanol–water partition coefficient (Wildman–Crippen LogP) is 4.98. The number of benzene rings is 2. The first-order chi connectivity index (χ1) is 15.2. The molecule has 3 rings (SSSR count). The summed E-state index contributed by atoms with van der Waals surface area (Å²) in [5.74, 6) is 0.458. The fourth-order valence-electron chi connectivity index (χ4n) is 2.94. The first-order valence-corrected chi connectivity index (χ1v) is 11.6. The average molecular weight is 492 g/mol. The van der Waals surface area contributed by atoms with Crippen LogP contribution >= 0.6 is 35.0 Å². The van der Waals surface area contributed by atoms with E-state index in [0.717, 1.165) is 0 Å². The van der Waals surface area contributed by atoms with Crippen LogP contribution in [0.3, 0.4) is 0 Å². The van der Waals surface area contributed by atoms with Gasteiger partial charge in [0.15, 0.2) is 11.0 Å². The van der Waals surface area contributed by atoms with E-state index in [1.807, 2.05) is 20.9 Å². The van der Waals surface area contributed by atoms with Gasteiger partial charge >= 0.3 is 0 Å². The van der Waals surface area contributed by atoms with Gasteiger partial charge in [-0.05, 0) is 54.4 Å². The predicted molar refractivity (Wildman–Crippen MR) is 128 cm³/mol. The molecule has 32 heavy (non-hydrogen) atoms. The van der Waals surface area contributed by atoms with E-state index in [2.05, 4.69) is 20.8 Å². The molecule has 0 aliphatic carbocycles. The van der Waals surface area contributed by atoms with Crippen molar-refractivity contribution in [3.8, 4) is 0 Å². The zero-order valence-electron chi connectivity index (χ0n) is 17.8. The normalized spacial score (nSPS) is 11.9. The van der Waals surface area contributed by atoms with E-state index >= 15 is 0 Å². The van der Waals surface area contributed by atoms with Gasteiger partial charge < -0.3 is 15.2 Å². The second-order valence-electron chi connectivity index (χ2n) is 7.45. The highest BCUT2D eigenvalue weighted by molar-refractivity contribution is 7.99. The summed E-state index contributed by atoms with van der Waals surface area (Å²) in [7, 11) is 1.82. The summed E-state index contributed by atoms with van der Waals surface area (Å²) in [6.45, 7) is 3.99. The molecule has 0 unspecified atom stereocenters. The van der Waals surface area contributed by atoms with Gasteiger partial charge in [0.05, 0.1) is 11.8 Å². The summed E-state index contributed by atoms with van der Waals surface area (Å²) in [5.41, 5.74) is 1.18. The molecule has 0 saturated heterocycles. The van der Waals surface area contributed by atoms with Gasteiger partial charge in [-0.25, -0.2) is 0 Å². The van der Waals surface area contributed by atoms with Gasteiger partial charge in [0.1, 0.15) is 0 Å². The molecule has 2 amide bonds. The third kappa shape index (κ3) is 6.25. The number of amides is 2. The van der Waals surface area contributed by atoms with Crippen LogP contribution in [0.15, 0.2) is 53.7 Å². The molecule has 1 atom stereocenters. The third-order valence-corrected chi connectivity index (χ3v) is 6.19. The third-order valence-electron chi connectivity index (χ3n) is 4.67. The number of carbonyl (C=O) groups excluding carboxylic acids is 2. The van der Waals surface area contributed by atoms with E-state index < -0.39 is 0 Å². The number of rotatable bonds is 8. The maximum absolute atomic E-state index is 12.7. The molecule has 3 aromatic rings. The summed E-state index contributed by atoms with van der Waals surface area (Å²) in [6, 6.07) is 13.2. The highest BCUT2D eigenvalue weighted by atomic mass is 35.5. The van der Waals surface area contributed by atoms with Crippen LogP contribution in [-0.4, -0.2) is 32.3 Å². The Labute approximate surface area is 200 Å². The molecule has 1 heterocycles. The van der Waals surface area contributed by atoms with Crippen molar-refractivity contribution in [3.05, 3.63) is 70.0 Å². The minimum atomic E-state index is -0.354. The van der Waals surface area contributed by atoms with Crippen molar-refractivity contribution < 1.29 is 9.59 Å². The van der Waals surface area contributed by atoms with Crippen molar-refractivity contribution in [2.45, 2.75) is 25.0 Å². The van der Waals surface area contributed by atoms with Crippen molar-refractivity contribution >= 4 is 52.5 Å². The van der Waals surface area contributed by atoms with E-state index in [1.54, 1.807) is 53.1 Å². The molecule has 0 spiro atoms. The standard InChI is InChI=1S/C22H23Cl2N5O2S/c1-13(2)19(26-21(31)14-4-6-15(23)7-5-14)20-27-28-22(29(20)3)32-12-18(30)25-17-10-8-16(24)9-11-17/h4-11,13,19H,12H2,1-3H3,(H,25,30)(H,26,31)/t19-/m0/s1. The fraction of sp³-hybridized carbons (Fsp3) is 0.273. The maximum Gasteiger partial charge on any atom is 0.251 e. The van der Waals surface area contributed by atoms with Crippen molar-refractivity contribution in [2.75, 3.05) is 11.1 Å². The Bertz CT molecular complexity index is 1080. The van der Waals surface area contributed by atoms with Crippen LogP contribution in [-0.2, 0) is 11.8 Å². The number of hydrogen-bond acceptors (Lipinski definition) is 5. The Kier molecular flexibility index (Phi) is 8.17. The van der Waals surface area contributed by atoms with Crippen LogP contribution in [0.25, 0.3) is 0 Å². The van der Waals surface area contributed by atoms with Gasteiger partial charge in [-0.3, -0.25) is 9.59 Å². The van der Waals surface area contributed by atoms with Crippen molar-refractivity contribution in [2.24, 2.45) is 13.0 Å². The lowest BCUT2D eigenvalue weighted by Gasteiger charge is -2.21. The number of nitrogens with zero attached hydrogens (tertiary/aromatic N) is 3. The number of nitrogens with one attached hydrogen (secondary N) is 2. The smallest absolute Gasteiger partial charge is 0.251 e. The molecule has 0 aliphatic rings. The Morgan fingerprint density at radius 3 is 2.19 bits per heavy atom. The van der Waals surface area contributed by atoms with Gasteiger partial charge in [-0.15, -0.1) is 10.2 Å². The molecule has 0 radical (unpaired) electrons. The molecule has 10 heteroatoms. The minimum absolute atomic E-state index is 0.0696. The van der Waals surface area contributed by atoms with Gasteiger partial charge in [-0.2, -0.15) is 0 Å². The van der Waals surface area contributed by atoms with Crippen LogP contribution in [0.4, 0.5) is 5.69 Å². The molecule has 2 N–H and O–H groups in total. The molecule has 7 nitrogen and oxygen atoms in total. The zero-order chi connectivity index (χ0) is 23.3. The second kappa shape index (κ2) is 10.8.